The van der Waals surface area contributed by atoms with Crippen LogP contribution in [-0.4, -0.2) is 19.5 Å². The topological polar surface area (TPSA) is 139 Å². The quantitative estimate of drug-likeness (QED) is 0.155. The maximum Gasteiger partial charge on any atom is 0.416 e. The molecule has 0 spiro atoms. The fourth-order valence-corrected chi connectivity index (χ4v) is 8.45. The van der Waals surface area contributed by atoms with Crippen molar-refractivity contribution in [2.24, 2.45) is 0 Å². The van der Waals surface area contributed by atoms with Gasteiger partial charge in [0.1, 0.15) is 0 Å². The molecule has 11 heteroatoms. The Morgan fingerprint density at radius 3 is 1.36 bits per heavy atom. The van der Waals surface area contributed by atoms with Gasteiger partial charge in [0.2, 0.25) is 0 Å². The SMILES string of the molecule is N#Cc1ccc(-c2ccc3c4ccc(-c5ccc(C#N)cc5C#N)cc4n(-c4ccc(-c5nc(-c6ccccc6)nc(-c6ccccc6)n5)c(-c5cccc(C(F)(F)F)c5)c4)c3c2)c(C#N)c1. The predicted octanol–water partition coefficient (Wildman–Crippen LogP) is 13.5. The molecule has 2 aromatic heterocycles. The Morgan fingerprint density at radius 1 is 0.388 bits per heavy atom. The number of alkyl halides is 3. The molecule has 314 valence electrons. The van der Waals surface area contributed by atoms with Gasteiger partial charge in [-0.2, -0.15) is 34.2 Å². The van der Waals surface area contributed by atoms with Crippen LogP contribution in [0.3, 0.4) is 0 Å². The van der Waals surface area contributed by atoms with Crippen molar-refractivity contribution in [1.82, 2.24) is 19.5 Å². The fourth-order valence-electron chi connectivity index (χ4n) is 8.45. The monoisotopic (exact) mass is 870 g/mol. The van der Waals surface area contributed by atoms with Gasteiger partial charge in [0, 0.05) is 33.2 Å². The van der Waals surface area contributed by atoms with Crippen LogP contribution in [0.1, 0.15) is 27.8 Å². The maximum absolute atomic E-state index is 14.5. The van der Waals surface area contributed by atoms with Crippen molar-refractivity contribution < 1.29 is 13.2 Å². The van der Waals surface area contributed by atoms with Gasteiger partial charge in [-0.15, -0.1) is 0 Å². The summed E-state index contributed by atoms with van der Waals surface area (Å²) < 4.78 is 45.4. The second-order valence-electron chi connectivity index (χ2n) is 15.6. The minimum absolute atomic E-state index is 0.244. The molecule has 0 saturated carbocycles. The molecule has 10 aromatic rings. The van der Waals surface area contributed by atoms with E-state index in [0.29, 0.717) is 84.0 Å². The largest absolute Gasteiger partial charge is 0.416 e. The molecular weight excluding hydrogens is 842 g/mol. The summed E-state index contributed by atoms with van der Waals surface area (Å²) in [4.78, 5) is 14.7. The van der Waals surface area contributed by atoms with Crippen LogP contribution < -0.4 is 0 Å². The maximum atomic E-state index is 14.5. The number of rotatable bonds is 7. The first-order valence-electron chi connectivity index (χ1n) is 20.8. The number of aromatic nitrogens is 4. The summed E-state index contributed by atoms with van der Waals surface area (Å²) in [5.74, 6) is 1.00. The van der Waals surface area contributed by atoms with E-state index in [1.165, 1.54) is 6.07 Å². The van der Waals surface area contributed by atoms with Crippen molar-refractivity contribution in [2.75, 3.05) is 0 Å². The van der Waals surface area contributed by atoms with Crippen LogP contribution in [0.25, 0.3) is 95.0 Å². The number of fused-ring (bicyclic) bond motifs is 3. The molecule has 8 nitrogen and oxygen atoms in total. The summed E-state index contributed by atoms with van der Waals surface area (Å²) in [7, 11) is 0. The average Bonchev–Trinajstić information content (AvgIpc) is 3.71. The minimum atomic E-state index is -4.64. The fraction of sp³-hybridized carbons (Fsp3) is 0.0179. The average molecular weight is 871 g/mol. The standard InChI is InChI=1S/C56H29F3N8/c57-56(58,59)43-13-7-12-38(26-43)50-29-44(18-23-49(50)55-65-53(36-8-3-1-4-9-36)64-54(66-55)37-10-5-2-6-11-37)67-51-27-39(45-19-14-34(30-60)24-41(45)32-62)16-21-47(51)48-22-17-40(28-52(48)67)46-20-15-35(31-61)25-42(46)33-63/h1-29H. The van der Waals surface area contributed by atoms with E-state index in [-0.39, 0.29) is 11.4 Å². The zero-order valence-electron chi connectivity index (χ0n) is 35.0. The van der Waals surface area contributed by atoms with Crippen LogP contribution in [0.4, 0.5) is 13.2 Å². The van der Waals surface area contributed by atoms with E-state index in [1.54, 1.807) is 48.5 Å². The van der Waals surface area contributed by atoms with Crippen LogP contribution in [0.2, 0.25) is 0 Å². The molecule has 0 fully saturated rings. The van der Waals surface area contributed by atoms with Crippen LogP contribution in [0.5, 0.6) is 0 Å². The molecule has 0 aliphatic carbocycles. The first kappa shape index (κ1) is 41.3. The van der Waals surface area contributed by atoms with Crippen LogP contribution >= 0.6 is 0 Å². The summed E-state index contributed by atoms with van der Waals surface area (Å²) in [5, 5.41) is 41.2. The van der Waals surface area contributed by atoms with E-state index in [1.807, 2.05) is 114 Å². The molecule has 67 heavy (non-hydrogen) atoms. The number of halogens is 3. The Hall–Kier alpha value is -9.68. The molecule has 0 N–H and O–H groups in total. The second kappa shape index (κ2) is 16.8. The molecule has 0 saturated heterocycles. The highest BCUT2D eigenvalue weighted by molar-refractivity contribution is 6.11. The first-order valence-corrected chi connectivity index (χ1v) is 20.8. The smallest absolute Gasteiger partial charge is 0.309 e. The van der Waals surface area contributed by atoms with Gasteiger partial charge >= 0.3 is 6.18 Å². The van der Waals surface area contributed by atoms with Gasteiger partial charge in [-0.25, -0.2) is 15.0 Å². The number of hydrogen-bond donors (Lipinski definition) is 0. The van der Waals surface area contributed by atoms with Crippen LogP contribution in [0, 0.1) is 45.3 Å². The summed E-state index contributed by atoms with van der Waals surface area (Å²) in [6.07, 6.45) is -4.64. The van der Waals surface area contributed by atoms with Gasteiger partial charge in [-0.05, 0) is 100 Å². The van der Waals surface area contributed by atoms with Crippen molar-refractivity contribution >= 4 is 21.8 Å². The molecular formula is C56H29F3N8. The van der Waals surface area contributed by atoms with E-state index in [9.17, 15) is 34.2 Å². The molecule has 0 unspecified atom stereocenters. The lowest BCUT2D eigenvalue weighted by Crippen LogP contribution is -2.05. The first-order chi connectivity index (χ1) is 32.6. The Kier molecular flexibility index (Phi) is 10.4. The van der Waals surface area contributed by atoms with E-state index < -0.39 is 11.7 Å². The van der Waals surface area contributed by atoms with Crippen LogP contribution in [-0.2, 0) is 6.18 Å². The van der Waals surface area contributed by atoms with E-state index in [0.717, 1.165) is 34.0 Å². The lowest BCUT2D eigenvalue weighted by Gasteiger charge is -2.17. The third kappa shape index (κ3) is 7.66. The summed E-state index contributed by atoms with van der Waals surface area (Å²) in [6, 6.07) is 59.5. The normalized spacial score (nSPS) is 11.1. The molecule has 0 aliphatic rings. The zero-order chi connectivity index (χ0) is 46.2. The van der Waals surface area contributed by atoms with Gasteiger partial charge in [-0.3, -0.25) is 0 Å². The Balaban J connectivity index is 1.27. The molecule has 8 aromatic carbocycles. The third-order valence-corrected chi connectivity index (χ3v) is 11.6. The summed E-state index contributed by atoms with van der Waals surface area (Å²) in [6.45, 7) is 0. The number of nitrogens with zero attached hydrogens (tertiary/aromatic N) is 8. The van der Waals surface area contributed by atoms with E-state index in [2.05, 4.69) is 24.3 Å². The molecule has 0 aliphatic heterocycles. The summed E-state index contributed by atoms with van der Waals surface area (Å²) >= 11 is 0. The molecule has 0 amide bonds. The highest BCUT2D eigenvalue weighted by atomic mass is 19.4. The highest BCUT2D eigenvalue weighted by Crippen LogP contribution is 2.42. The summed E-state index contributed by atoms with van der Waals surface area (Å²) in [5.41, 5.74) is 7.65. The van der Waals surface area contributed by atoms with Gasteiger partial charge < -0.3 is 4.57 Å². The lowest BCUT2D eigenvalue weighted by atomic mass is 9.96. The Bertz CT molecular complexity index is 3600. The molecule has 0 atom stereocenters. The highest BCUT2D eigenvalue weighted by Gasteiger charge is 2.31. The second-order valence-corrected chi connectivity index (χ2v) is 15.6. The van der Waals surface area contributed by atoms with E-state index >= 15 is 0 Å². The number of benzene rings is 8. The number of nitriles is 4. The molecule has 0 radical (unpaired) electrons. The van der Waals surface area contributed by atoms with E-state index in [4.69, 9.17) is 15.0 Å². The van der Waals surface area contributed by atoms with Crippen molar-refractivity contribution in [1.29, 1.82) is 21.0 Å². The Morgan fingerprint density at radius 2 is 0.866 bits per heavy atom. The van der Waals surface area contributed by atoms with Crippen molar-refractivity contribution in [2.45, 2.75) is 6.18 Å². The Labute approximate surface area is 381 Å². The van der Waals surface area contributed by atoms with Gasteiger partial charge in [-0.1, -0.05) is 109 Å². The van der Waals surface area contributed by atoms with Crippen molar-refractivity contribution in [3.8, 4) is 97.5 Å². The molecule has 10 rings (SSSR count). The van der Waals surface area contributed by atoms with Crippen molar-refractivity contribution in [3.63, 3.8) is 0 Å². The van der Waals surface area contributed by atoms with Crippen LogP contribution in [0.15, 0.2) is 176 Å². The van der Waals surface area contributed by atoms with Gasteiger partial charge in [0.05, 0.1) is 63.1 Å². The van der Waals surface area contributed by atoms with Crippen molar-refractivity contribution in [3.05, 3.63) is 204 Å². The number of hydrogen-bond acceptors (Lipinski definition) is 7. The molecule has 0 bridgehead atoms. The third-order valence-electron chi connectivity index (χ3n) is 11.6. The minimum Gasteiger partial charge on any atom is -0.309 e. The zero-order valence-corrected chi connectivity index (χ0v) is 35.0. The molecule has 2 heterocycles. The predicted molar refractivity (Wildman–Crippen MR) is 251 cm³/mol. The van der Waals surface area contributed by atoms with Gasteiger partial charge in [0.15, 0.2) is 17.5 Å². The van der Waals surface area contributed by atoms with Gasteiger partial charge in [0.25, 0.3) is 0 Å². The lowest BCUT2D eigenvalue weighted by molar-refractivity contribution is -0.137.